The first-order chi connectivity index (χ1) is 5.38. The van der Waals surface area contributed by atoms with E-state index in [2.05, 4.69) is 24.1 Å². The molecule has 1 aliphatic rings. The molecule has 1 aliphatic heterocycles. The van der Waals surface area contributed by atoms with Gasteiger partial charge < -0.3 is 10.2 Å². The van der Waals surface area contributed by atoms with Gasteiger partial charge in [-0.2, -0.15) is 0 Å². The SMILES string of the molecule is CCN(CC)C1CCNCC1.Cl. The Bertz CT molecular complexity index is 98.7. The fourth-order valence-corrected chi connectivity index (χ4v) is 1.91. The van der Waals surface area contributed by atoms with Crippen LogP contribution in [0.4, 0.5) is 0 Å². The van der Waals surface area contributed by atoms with Gasteiger partial charge in [-0.3, -0.25) is 0 Å². The fourth-order valence-electron chi connectivity index (χ4n) is 1.91. The van der Waals surface area contributed by atoms with Gasteiger partial charge in [0, 0.05) is 6.04 Å². The molecule has 0 aromatic carbocycles. The number of nitrogens with one attached hydrogen (secondary N) is 1. The van der Waals surface area contributed by atoms with Crippen molar-refractivity contribution in [2.45, 2.75) is 32.7 Å². The molecule has 1 rings (SSSR count). The van der Waals surface area contributed by atoms with Crippen LogP contribution in [0.2, 0.25) is 0 Å². The molecule has 1 fully saturated rings. The molecule has 1 heterocycles. The largest absolute Gasteiger partial charge is 0.317 e. The second kappa shape index (κ2) is 6.70. The van der Waals surface area contributed by atoms with Crippen LogP contribution in [0, 0.1) is 0 Å². The molecule has 0 saturated carbocycles. The van der Waals surface area contributed by atoms with Crippen molar-refractivity contribution in [1.29, 1.82) is 0 Å². The lowest BCUT2D eigenvalue weighted by molar-refractivity contribution is 0.178. The molecule has 0 bridgehead atoms. The van der Waals surface area contributed by atoms with Gasteiger partial charge in [0.25, 0.3) is 0 Å². The zero-order chi connectivity index (χ0) is 8.10. The molecule has 0 aliphatic carbocycles. The van der Waals surface area contributed by atoms with Crippen LogP contribution in [-0.4, -0.2) is 37.1 Å². The van der Waals surface area contributed by atoms with Crippen LogP contribution in [0.15, 0.2) is 0 Å². The third kappa shape index (κ3) is 3.30. The zero-order valence-corrected chi connectivity index (χ0v) is 8.99. The number of hydrogen-bond donors (Lipinski definition) is 1. The first-order valence-corrected chi connectivity index (χ1v) is 4.83. The van der Waals surface area contributed by atoms with E-state index < -0.39 is 0 Å². The number of nitrogens with zero attached hydrogens (tertiary/aromatic N) is 1. The smallest absolute Gasteiger partial charge is 0.0119 e. The molecule has 0 amide bonds. The highest BCUT2D eigenvalue weighted by molar-refractivity contribution is 5.85. The van der Waals surface area contributed by atoms with Crippen molar-refractivity contribution in [3.8, 4) is 0 Å². The molecule has 2 nitrogen and oxygen atoms in total. The summed E-state index contributed by atoms with van der Waals surface area (Å²) in [6.07, 6.45) is 2.67. The van der Waals surface area contributed by atoms with Gasteiger partial charge in [-0.15, -0.1) is 12.4 Å². The summed E-state index contributed by atoms with van der Waals surface area (Å²) in [4.78, 5) is 2.57. The molecule has 12 heavy (non-hydrogen) atoms. The van der Waals surface area contributed by atoms with Crippen LogP contribution in [0.3, 0.4) is 0 Å². The Morgan fingerprint density at radius 1 is 1.17 bits per heavy atom. The molecule has 0 unspecified atom stereocenters. The molecule has 3 heteroatoms. The first kappa shape index (κ1) is 12.2. The van der Waals surface area contributed by atoms with Gasteiger partial charge in [-0.25, -0.2) is 0 Å². The molecule has 0 atom stereocenters. The van der Waals surface area contributed by atoms with E-state index in [1.165, 1.54) is 39.0 Å². The minimum atomic E-state index is 0. The Kier molecular flexibility index (Phi) is 6.81. The van der Waals surface area contributed by atoms with Gasteiger partial charge in [-0.1, -0.05) is 13.8 Å². The Balaban J connectivity index is 0.00000121. The summed E-state index contributed by atoms with van der Waals surface area (Å²) in [5, 5.41) is 3.39. The maximum absolute atomic E-state index is 3.39. The summed E-state index contributed by atoms with van der Waals surface area (Å²) in [6.45, 7) is 9.35. The van der Waals surface area contributed by atoms with Crippen LogP contribution >= 0.6 is 12.4 Å². The Morgan fingerprint density at radius 2 is 1.67 bits per heavy atom. The molecule has 74 valence electrons. The lowest BCUT2D eigenvalue weighted by Crippen LogP contribution is -2.42. The van der Waals surface area contributed by atoms with Crippen LogP contribution < -0.4 is 5.32 Å². The summed E-state index contributed by atoms with van der Waals surface area (Å²) < 4.78 is 0. The normalized spacial score (nSPS) is 19.2. The molecule has 0 aromatic heterocycles. The molecular formula is C9H21ClN2. The predicted molar refractivity (Wildman–Crippen MR) is 56.1 cm³/mol. The molecule has 1 N–H and O–H groups in total. The van der Waals surface area contributed by atoms with Crippen molar-refractivity contribution in [3.05, 3.63) is 0 Å². The van der Waals surface area contributed by atoms with Crippen molar-refractivity contribution in [3.63, 3.8) is 0 Å². The minimum Gasteiger partial charge on any atom is -0.317 e. The van der Waals surface area contributed by atoms with E-state index in [9.17, 15) is 0 Å². The average molecular weight is 193 g/mol. The van der Waals surface area contributed by atoms with E-state index >= 15 is 0 Å². The lowest BCUT2D eigenvalue weighted by atomic mass is 10.1. The van der Waals surface area contributed by atoms with Crippen molar-refractivity contribution >= 4 is 12.4 Å². The van der Waals surface area contributed by atoms with Crippen LogP contribution in [0.1, 0.15) is 26.7 Å². The van der Waals surface area contributed by atoms with E-state index in [0.29, 0.717) is 0 Å². The molecule has 1 saturated heterocycles. The minimum absolute atomic E-state index is 0. The first-order valence-electron chi connectivity index (χ1n) is 4.83. The van der Waals surface area contributed by atoms with E-state index in [4.69, 9.17) is 0 Å². The summed E-state index contributed by atoms with van der Waals surface area (Å²) in [6, 6.07) is 0.853. The standard InChI is InChI=1S/C9H20N2.ClH/c1-3-11(4-2)9-5-7-10-8-6-9;/h9-10H,3-8H2,1-2H3;1H. The Morgan fingerprint density at radius 3 is 2.08 bits per heavy atom. The fraction of sp³-hybridized carbons (Fsp3) is 1.00. The van der Waals surface area contributed by atoms with Gasteiger partial charge in [0.2, 0.25) is 0 Å². The van der Waals surface area contributed by atoms with Crippen molar-refractivity contribution in [1.82, 2.24) is 10.2 Å². The molecular weight excluding hydrogens is 172 g/mol. The van der Waals surface area contributed by atoms with Gasteiger partial charge >= 0.3 is 0 Å². The van der Waals surface area contributed by atoms with Gasteiger partial charge in [0.05, 0.1) is 0 Å². The van der Waals surface area contributed by atoms with Gasteiger partial charge in [0.1, 0.15) is 0 Å². The Hall–Kier alpha value is 0.210. The monoisotopic (exact) mass is 192 g/mol. The third-order valence-electron chi connectivity index (χ3n) is 2.64. The lowest BCUT2D eigenvalue weighted by Gasteiger charge is -2.32. The molecule has 0 aromatic rings. The van der Waals surface area contributed by atoms with E-state index in [1.807, 2.05) is 0 Å². The summed E-state index contributed by atoms with van der Waals surface area (Å²) in [7, 11) is 0. The topological polar surface area (TPSA) is 15.3 Å². The Labute approximate surface area is 82.1 Å². The van der Waals surface area contributed by atoms with E-state index in [0.717, 1.165) is 6.04 Å². The second-order valence-electron chi connectivity index (χ2n) is 3.20. The number of piperidine rings is 1. The average Bonchev–Trinajstić information content (AvgIpc) is 2.09. The summed E-state index contributed by atoms with van der Waals surface area (Å²) in [5.74, 6) is 0. The number of halogens is 1. The second-order valence-corrected chi connectivity index (χ2v) is 3.20. The third-order valence-corrected chi connectivity index (χ3v) is 2.64. The van der Waals surface area contributed by atoms with Crippen molar-refractivity contribution in [2.75, 3.05) is 26.2 Å². The predicted octanol–water partition coefficient (Wildman–Crippen LogP) is 1.50. The zero-order valence-electron chi connectivity index (χ0n) is 8.18. The molecule has 0 radical (unpaired) electrons. The maximum Gasteiger partial charge on any atom is 0.0119 e. The van der Waals surface area contributed by atoms with Crippen molar-refractivity contribution < 1.29 is 0 Å². The summed E-state index contributed by atoms with van der Waals surface area (Å²) in [5.41, 5.74) is 0. The van der Waals surface area contributed by atoms with Gasteiger partial charge in [-0.05, 0) is 39.0 Å². The number of rotatable bonds is 3. The number of hydrogen-bond acceptors (Lipinski definition) is 2. The van der Waals surface area contributed by atoms with E-state index in [1.54, 1.807) is 0 Å². The van der Waals surface area contributed by atoms with Gasteiger partial charge in [0.15, 0.2) is 0 Å². The van der Waals surface area contributed by atoms with E-state index in [-0.39, 0.29) is 12.4 Å². The van der Waals surface area contributed by atoms with Crippen LogP contribution in [-0.2, 0) is 0 Å². The highest BCUT2D eigenvalue weighted by Crippen LogP contribution is 2.10. The van der Waals surface area contributed by atoms with Crippen LogP contribution in [0.5, 0.6) is 0 Å². The summed E-state index contributed by atoms with van der Waals surface area (Å²) >= 11 is 0. The van der Waals surface area contributed by atoms with Crippen molar-refractivity contribution in [2.24, 2.45) is 0 Å². The quantitative estimate of drug-likeness (QED) is 0.730. The molecule has 0 spiro atoms. The van der Waals surface area contributed by atoms with Crippen LogP contribution in [0.25, 0.3) is 0 Å². The highest BCUT2D eigenvalue weighted by Gasteiger charge is 2.17. The maximum atomic E-state index is 3.39. The highest BCUT2D eigenvalue weighted by atomic mass is 35.5.